The number of fused-ring (bicyclic) bond motifs is 1. The van der Waals surface area contributed by atoms with Crippen LogP contribution in [-0.2, 0) is 4.79 Å². The van der Waals surface area contributed by atoms with Gasteiger partial charge in [0.05, 0.1) is 15.3 Å². The summed E-state index contributed by atoms with van der Waals surface area (Å²) in [5, 5.41) is 0.768. The van der Waals surface area contributed by atoms with Gasteiger partial charge >= 0.3 is 0 Å². The fourth-order valence-electron chi connectivity index (χ4n) is 3.94. The van der Waals surface area contributed by atoms with Crippen LogP contribution in [0.25, 0.3) is 10.4 Å². The van der Waals surface area contributed by atoms with E-state index in [9.17, 15) is 14.0 Å². The van der Waals surface area contributed by atoms with Gasteiger partial charge in [-0.3, -0.25) is 9.59 Å². The summed E-state index contributed by atoms with van der Waals surface area (Å²) in [5.74, 6) is -0.700. The largest absolute Gasteiger partial charge is 0.369 e. The topological polar surface area (TPSA) is 76.3 Å². The Morgan fingerprint density at radius 1 is 1.36 bits per heavy atom. The van der Waals surface area contributed by atoms with Crippen molar-refractivity contribution >= 4 is 23.2 Å². The lowest BCUT2D eigenvalue weighted by Crippen LogP contribution is -2.39. The third-order valence-electron chi connectivity index (χ3n) is 5.45. The maximum Gasteiger partial charge on any atom is 0.274 e. The first kappa shape index (κ1) is 16.2. The molecule has 2 amide bonds. The monoisotopic (exact) mass is 359 g/mol. The number of thiazole rings is 1. The van der Waals surface area contributed by atoms with Crippen LogP contribution >= 0.6 is 11.3 Å². The fourth-order valence-corrected chi connectivity index (χ4v) is 4.85. The number of likely N-dealkylation sites (tertiary alicyclic amines) is 1. The van der Waals surface area contributed by atoms with Crippen LogP contribution in [0.5, 0.6) is 0 Å². The SMILES string of the molecule is Cc1nc(C(=O)N2C[C@@]3(C(N)=O)C[C@@H]3[C@@H]2C)c(-c2ccc(F)cc2)s1. The van der Waals surface area contributed by atoms with Crippen LogP contribution in [-0.4, -0.2) is 34.3 Å². The molecular formula is C18H18FN3O2S. The molecule has 2 aliphatic rings. The molecular weight excluding hydrogens is 341 g/mol. The number of rotatable bonds is 3. The zero-order valence-electron chi connectivity index (χ0n) is 14.0. The van der Waals surface area contributed by atoms with Gasteiger partial charge in [0, 0.05) is 12.6 Å². The number of aryl methyl sites for hydroxylation is 1. The Balaban J connectivity index is 1.68. The van der Waals surface area contributed by atoms with Gasteiger partial charge in [0.15, 0.2) is 0 Å². The number of carbonyl (C=O) groups is 2. The molecule has 0 spiro atoms. The van der Waals surface area contributed by atoms with Gasteiger partial charge in [-0.25, -0.2) is 9.37 Å². The van der Waals surface area contributed by atoms with Gasteiger partial charge in [-0.05, 0) is 43.9 Å². The standard InChI is InChI=1S/C18H18FN3O2S/c1-9-13-7-18(13,17(20)24)8-22(9)16(23)14-15(25-10(2)21-14)11-3-5-12(19)6-4-11/h3-6,9,13H,7-8H2,1-2H3,(H2,20,24)/t9-,13+,18-/m0/s1. The van der Waals surface area contributed by atoms with E-state index < -0.39 is 5.41 Å². The highest BCUT2D eigenvalue weighted by Crippen LogP contribution is 2.60. The Hall–Kier alpha value is -2.28. The van der Waals surface area contributed by atoms with Crippen molar-refractivity contribution in [2.24, 2.45) is 17.1 Å². The average molecular weight is 359 g/mol. The molecule has 1 aliphatic heterocycles. The van der Waals surface area contributed by atoms with E-state index in [1.165, 1.54) is 23.5 Å². The Morgan fingerprint density at radius 2 is 2.04 bits per heavy atom. The molecule has 1 saturated carbocycles. The Labute approximate surface area is 148 Å². The quantitative estimate of drug-likeness (QED) is 0.915. The van der Waals surface area contributed by atoms with Crippen molar-refractivity contribution in [3.8, 4) is 10.4 Å². The summed E-state index contributed by atoms with van der Waals surface area (Å²) in [6, 6.07) is 6.00. The molecule has 2 aromatic rings. The Bertz CT molecular complexity index is 879. The minimum absolute atomic E-state index is 0.0388. The molecule has 1 saturated heterocycles. The average Bonchev–Trinajstić information content (AvgIpc) is 3.08. The van der Waals surface area contributed by atoms with Gasteiger partial charge in [0.1, 0.15) is 11.5 Å². The second-order valence-corrected chi connectivity index (χ2v) is 8.13. The molecule has 7 heteroatoms. The molecule has 3 atom stereocenters. The number of nitrogens with two attached hydrogens (primary N) is 1. The molecule has 2 heterocycles. The number of halogens is 1. The highest BCUT2D eigenvalue weighted by molar-refractivity contribution is 7.15. The van der Waals surface area contributed by atoms with Crippen LogP contribution in [0.3, 0.4) is 0 Å². The lowest BCUT2D eigenvalue weighted by atomic mass is 10.1. The molecule has 2 fully saturated rings. The number of piperidine rings is 1. The normalized spacial score (nSPS) is 27.2. The van der Waals surface area contributed by atoms with E-state index in [-0.39, 0.29) is 29.6 Å². The predicted octanol–water partition coefficient (Wildman–Crippen LogP) is 2.59. The number of hydrogen-bond acceptors (Lipinski definition) is 4. The van der Waals surface area contributed by atoms with Crippen LogP contribution in [0.4, 0.5) is 4.39 Å². The summed E-state index contributed by atoms with van der Waals surface area (Å²) in [4.78, 5) is 31.7. The van der Waals surface area contributed by atoms with E-state index in [0.29, 0.717) is 12.2 Å². The Kier molecular flexibility index (Phi) is 3.47. The summed E-state index contributed by atoms with van der Waals surface area (Å²) in [7, 11) is 0. The number of benzene rings is 1. The van der Waals surface area contributed by atoms with Gasteiger partial charge in [-0.2, -0.15) is 0 Å². The molecule has 25 heavy (non-hydrogen) atoms. The van der Waals surface area contributed by atoms with Gasteiger partial charge in [0.25, 0.3) is 5.91 Å². The molecule has 1 aliphatic carbocycles. The van der Waals surface area contributed by atoms with Crippen LogP contribution in [0.15, 0.2) is 24.3 Å². The molecule has 2 N–H and O–H groups in total. The zero-order valence-corrected chi connectivity index (χ0v) is 14.8. The third-order valence-corrected chi connectivity index (χ3v) is 6.47. The van der Waals surface area contributed by atoms with E-state index in [2.05, 4.69) is 4.98 Å². The number of nitrogens with zero attached hydrogens (tertiary/aromatic N) is 2. The van der Waals surface area contributed by atoms with Crippen LogP contribution < -0.4 is 5.73 Å². The lowest BCUT2D eigenvalue weighted by Gasteiger charge is -2.24. The number of carbonyl (C=O) groups excluding carboxylic acids is 2. The van der Waals surface area contributed by atoms with Gasteiger partial charge in [0.2, 0.25) is 5.91 Å². The zero-order chi connectivity index (χ0) is 17.9. The van der Waals surface area contributed by atoms with Crippen molar-refractivity contribution in [3.05, 3.63) is 40.8 Å². The molecule has 1 aromatic heterocycles. The van der Waals surface area contributed by atoms with Crippen molar-refractivity contribution in [2.75, 3.05) is 6.54 Å². The number of aromatic nitrogens is 1. The summed E-state index contributed by atoms with van der Waals surface area (Å²) >= 11 is 1.41. The number of primary amides is 1. The van der Waals surface area contributed by atoms with Crippen molar-refractivity contribution in [1.29, 1.82) is 0 Å². The van der Waals surface area contributed by atoms with Crippen LogP contribution in [0.2, 0.25) is 0 Å². The predicted molar refractivity (Wildman–Crippen MR) is 92.5 cm³/mol. The smallest absolute Gasteiger partial charge is 0.274 e. The molecule has 130 valence electrons. The van der Waals surface area contributed by atoms with Crippen molar-refractivity contribution in [2.45, 2.75) is 26.3 Å². The van der Waals surface area contributed by atoms with E-state index in [1.807, 2.05) is 13.8 Å². The maximum atomic E-state index is 13.2. The highest BCUT2D eigenvalue weighted by atomic mass is 32.1. The lowest BCUT2D eigenvalue weighted by molar-refractivity contribution is -0.123. The summed E-state index contributed by atoms with van der Waals surface area (Å²) in [6.07, 6.45) is 0.758. The first-order chi connectivity index (χ1) is 11.8. The van der Waals surface area contributed by atoms with E-state index in [4.69, 9.17) is 5.73 Å². The van der Waals surface area contributed by atoms with Crippen molar-refractivity contribution in [1.82, 2.24) is 9.88 Å². The molecule has 0 unspecified atom stereocenters. The highest BCUT2D eigenvalue weighted by Gasteiger charge is 2.68. The fraction of sp³-hybridized carbons (Fsp3) is 0.389. The van der Waals surface area contributed by atoms with Gasteiger partial charge in [-0.1, -0.05) is 12.1 Å². The molecule has 5 nitrogen and oxygen atoms in total. The van der Waals surface area contributed by atoms with Gasteiger partial charge in [-0.15, -0.1) is 11.3 Å². The maximum absolute atomic E-state index is 13.2. The first-order valence-electron chi connectivity index (χ1n) is 8.18. The second kappa shape index (κ2) is 5.36. The number of hydrogen-bond donors (Lipinski definition) is 1. The third kappa shape index (κ3) is 2.37. The molecule has 4 rings (SSSR count). The van der Waals surface area contributed by atoms with Crippen LogP contribution in [0, 0.1) is 24.1 Å². The van der Waals surface area contributed by atoms with Crippen molar-refractivity contribution < 1.29 is 14.0 Å². The van der Waals surface area contributed by atoms with E-state index >= 15 is 0 Å². The summed E-state index contributed by atoms with van der Waals surface area (Å²) in [5.41, 5.74) is 6.11. The minimum atomic E-state index is -0.559. The minimum Gasteiger partial charge on any atom is -0.369 e. The van der Waals surface area contributed by atoms with E-state index in [1.54, 1.807) is 17.0 Å². The molecule has 0 radical (unpaired) electrons. The van der Waals surface area contributed by atoms with Gasteiger partial charge < -0.3 is 10.6 Å². The second-order valence-electron chi connectivity index (χ2n) is 6.92. The number of amides is 2. The molecule has 0 bridgehead atoms. The van der Waals surface area contributed by atoms with Crippen molar-refractivity contribution in [3.63, 3.8) is 0 Å². The summed E-state index contributed by atoms with van der Waals surface area (Å²) in [6.45, 7) is 4.15. The first-order valence-corrected chi connectivity index (χ1v) is 8.99. The van der Waals surface area contributed by atoms with Crippen LogP contribution in [0.1, 0.15) is 28.8 Å². The Morgan fingerprint density at radius 3 is 2.64 bits per heavy atom. The van der Waals surface area contributed by atoms with E-state index in [0.717, 1.165) is 21.9 Å². The molecule has 1 aromatic carbocycles. The summed E-state index contributed by atoms with van der Waals surface area (Å²) < 4.78 is 13.2.